The summed E-state index contributed by atoms with van der Waals surface area (Å²) < 4.78 is 0. The number of hydrogen-bond acceptors (Lipinski definition) is 3. The van der Waals surface area contributed by atoms with Crippen LogP contribution in [0.5, 0.6) is 5.75 Å². The highest BCUT2D eigenvalue weighted by Gasteiger charge is 2.03. The normalized spacial score (nSPS) is 10.4. The van der Waals surface area contributed by atoms with Gasteiger partial charge in [-0.15, -0.1) is 0 Å². The molecule has 0 atom stereocenters. The predicted octanol–water partition coefficient (Wildman–Crippen LogP) is 3.67. The zero-order chi connectivity index (χ0) is 13.1. The van der Waals surface area contributed by atoms with Crippen molar-refractivity contribution in [1.29, 1.82) is 0 Å². The summed E-state index contributed by atoms with van der Waals surface area (Å²) in [7, 11) is 0. The lowest BCUT2D eigenvalue weighted by Crippen LogP contribution is -2.02. The maximum absolute atomic E-state index is 9.75. The number of pyridine rings is 1. The monoisotopic (exact) mass is 262 g/mol. The van der Waals surface area contributed by atoms with Gasteiger partial charge in [0.05, 0.1) is 11.9 Å². The van der Waals surface area contributed by atoms with Crippen molar-refractivity contribution in [2.45, 2.75) is 20.4 Å². The van der Waals surface area contributed by atoms with Crippen molar-refractivity contribution >= 4 is 17.3 Å². The number of aryl methyl sites for hydroxylation is 2. The summed E-state index contributed by atoms with van der Waals surface area (Å²) in [6, 6.07) is 7.36. The number of nitrogens with zero attached hydrogens (tertiary/aromatic N) is 1. The lowest BCUT2D eigenvalue weighted by molar-refractivity contribution is 0.469. The Kier molecular flexibility index (Phi) is 3.72. The van der Waals surface area contributed by atoms with E-state index >= 15 is 0 Å². The molecule has 0 unspecified atom stereocenters. The number of hydrogen-bond donors (Lipinski definition) is 2. The predicted molar refractivity (Wildman–Crippen MR) is 74.2 cm³/mol. The van der Waals surface area contributed by atoms with E-state index in [2.05, 4.69) is 10.3 Å². The van der Waals surface area contributed by atoms with Crippen LogP contribution in [0.15, 0.2) is 30.5 Å². The molecule has 0 aliphatic carbocycles. The van der Waals surface area contributed by atoms with Crippen LogP contribution in [0.3, 0.4) is 0 Å². The molecule has 2 rings (SSSR count). The van der Waals surface area contributed by atoms with E-state index in [1.165, 1.54) is 0 Å². The second-order valence-corrected chi connectivity index (χ2v) is 4.69. The second kappa shape index (κ2) is 5.27. The molecular weight excluding hydrogens is 248 g/mol. The quantitative estimate of drug-likeness (QED) is 0.830. The average molecular weight is 263 g/mol. The Morgan fingerprint density at radius 1 is 1.28 bits per heavy atom. The van der Waals surface area contributed by atoms with Crippen molar-refractivity contribution in [3.8, 4) is 5.75 Å². The molecule has 2 N–H and O–H groups in total. The highest BCUT2D eigenvalue weighted by Crippen LogP contribution is 2.21. The Labute approximate surface area is 111 Å². The fourth-order valence-corrected chi connectivity index (χ4v) is 1.97. The summed E-state index contributed by atoms with van der Waals surface area (Å²) in [6.07, 6.45) is 1.70. The molecule has 2 aromatic rings. The van der Waals surface area contributed by atoms with E-state index in [1.54, 1.807) is 18.3 Å². The Bertz CT molecular complexity index is 570. The summed E-state index contributed by atoms with van der Waals surface area (Å²) in [6.45, 7) is 4.52. The van der Waals surface area contributed by atoms with Crippen LogP contribution in [0.2, 0.25) is 5.15 Å². The number of halogens is 1. The molecular formula is C14H15ClN2O. The molecule has 18 heavy (non-hydrogen) atoms. The molecule has 0 aliphatic rings. The van der Waals surface area contributed by atoms with Gasteiger partial charge in [-0.3, -0.25) is 0 Å². The van der Waals surface area contributed by atoms with Gasteiger partial charge in [0.25, 0.3) is 0 Å². The van der Waals surface area contributed by atoms with Crippen molar-refractivity contribution in [2.75, 3.05) is 5.32 Å². The summed E-state index contributed by atoms with van der Waals surface area (Å²) >= 11 is 5.80. The van der Waals surface area contributed by atoms with Crippen LogP contribution in [-0.4, -0.2) is 10.1 Å². The molecule has 0 fully saturated rings. The van der Waals surface area contributed by atoms with Gasteiger partial charge < -0.3 is 10.4 Å². The van der Waals surface area contributed by atoms with Crippen LogP contribution in [-0.2, 0) is 6.54 Å². The molecule has 0 bridgehead atoms. The van der Waals surface area contributed by atoms with Gasteiger partial charge in [0.2, 0.25) is 0 Å². The van der Waals surface area contributed by atoms with E-state index in [0.29, 0.717) is 17.4 Å². The highest BCUT2D eigenvalue weighted by atomic mass is 35.5. The van der Waals surface area contributed by atoms with Crippen LogP contribution in [0, 0.1) is 13.8 Å². The third kappa shape index (κ3) is 2.93. The fraction of sp³-hybridized carbons (Fsp3) is 0.214. The van der Waals surface area contributed by atoms with Gasteiger partial charge in [0, 0.05) is 12.1 Å². The molecule has 1 heterocycles. The van der Waals surface area contributed by atoms with E-state index in [1.807, 2.05) is 26.0 Å². The van der Waals surface area contributed by atoms with Crippen molar-refractivity contribution in [3.05, 3.63) is 52.3 Å². The van der Waals surface area contributed by atoms with Crippen LogP contribution >= 0.6 is 11.6 Å². The zero-order valence-corrected chi connectivity index (χ0v) is 11.1. The fourth-order valence-electron chi connectivity index (χ4n) is 1.75. The molecule has 3 nitrogen and oxygen atoms in total. The second-order valence-electron chi connectivity index (χ2n) is 4.31. The van der Waals surface area contributed by atoms with E-state index in [-0.39, 0.29) is 0 Å². The van der Waals surface area contributed by atoms with E-state index in [9.17, 15) is 5.11 Å². The Balaban J connectivity index is 2.13. The van der Waals surface area contributed by atoms with Gasteiger partial charge >= 0.3 is 0 Å². The topological polar surface area (TPSA) is 45.1 Å². The molecule has 4 heteroatoms. The molecule has 0 aliphatic heterocycles. The highest BCUT2D eigenvalue weighted by molar-refractivity contribution is 6.29. The third-order valence-corrected chi connectivity index (χ3v) is 2.99. The molecule has 1 aromatic heterocycles. The van der Waals surface area contributed by atoms with Crippen molar-refractivity contribution in [2.24, 2.45) is 0 Å². The maximum atomic E-state index is 9.75. The van der Waals surface area contributed by atoms with Crippen LogP contribution < -0.4 is 5.32 Å². The molecule has 0 radical (unpaired) electrons. The molecule has 1 aromatic carbocycles. The number of phenols is 1. The van der Waals surface area contributed by atoms with Gasteiger partial charge in [0.15, 0.2) is 0 Å². The summed E-state index contributed by atoms with van der Waals surface area (Å²) in [5.41, 5.74) is 3.93. The van der Waals surface area contributed by atoms with E-state index in [0.717, 1.165) is 22.4 Å². The lowest BCUT2D eigenvalue weighted by Gasteiger charge is -2.11. The first-order chi connectivity index (χ1) is 8.56. The van der Waals surface area contributed by atoms with Crippen molar-refractivity contribution in [1.82, 2.24) is 4.98 Å². The van der Waals surface area contributed by atoms with Crippen LogP contribution in [0.4, 0.5) is 5.69 Å². The Morgan fingerprint density at radius 3 is 2.78 bits per heavy atom. The number of nitrogens with one attached hydrogen (secondary N) is 1. The number of benzene rings is 1. The SMILES string of the molecule is Cc1ccc(O)c(CNc2cnc(Cl)cc2C)c1. The van der Waals surface area contributed by atoms with Gasteiger partial charge in [-0.05, 0) is 31.5 Å². The zero-order valence-electron chi connectivity index (χ0n) is 10.4. The first kappa shape index (κ1) is 12.7. The third-order valence-electron chi connectivity index (χ3n) is 2.78. The minimum Gasteiger partial charge on any atom is -0.508 e. The maximum Gasteiger partial charge on any atom is 0.129 e. The summed E-state index contributed by atoms with van der Waals surface area (Å²) in [5, 5.41) is 13.5. The van der Waals surface area contributed by atoms with E-state index in [4.69, 9.17) is 11.6 Å². The molecule has 0 spiro atoms. The van der Waals surface area contributed by atoms with Gasteiger partial charge in [-0.2, -0.15) is 0 Å². The van der Waals surface area contributed by atoms with Gasteiger partial charge in [-0.1, -0.05) is 29.3 Å². The number of aromatic nitrogens is 1. The van der Waals surface area contributed by atoms with E-state index < -0.39 is 0 Å². The smallest absolute Gasteiger partial charge is 0.129 e. The molecule has 0 saturated carbocycles. The van der Waals surface area contributed by atoms with Crippen molar-refractivity contribution in [3.63, 3.8) is 0 Å². The molecule has 0 amide bonds. The van der Waals surface area contributed by atoms with Crippen LogP contribution in [0.25, 0.3) is 0 Å². The molecule has 94 valence electrons. The Morgan fingerprint density at radius 2 is 2.06 bits per heavy atom. The summed E-state index contributed by atoms with van der Waals surface area (Å²) in [5.74, 6) is 0.299. The first-order valence-electron chi connectivity index (χ1n) is 5.71. The standard InChI is InChI=1S/C14H15ClN2O/c1-9-3-4-13(18)11(5-9)7-16-12-8-17-14(15)6-10(12)2/h3-6,8,16,18H,7H2,1-2H3. The lowest BCUT2D eigenvalue weighted by atomic mass is 10.1. The minimum atomic E-state index is 0.299. The Hall–Kier alpha value is -1.74. The minimum absolute atomic E-state index is 0.299. The number of anilines is 1. The summed E-state index contributed by atoms with van der Waals surface area (Å²) in [4.78, 5) is 4.03. The number of rotatable bonds is 3. The molecule has 0 saturated heterocycles. The van der Waals surface area contributed by atoms with Crippen molar-refractivity contribution < 1.29 is 5.11 Å². The number of aromatic hydroxyl groups is 1. The first-order valence-corrected chi connectivity index (χ1v) is 6.08. The largest absolute Gasteiger partial charge is 0.508 e. The van der Waals surface area contributed by atoms with Gasteiger partial charge in [-0.25, -0.2) is 4.98 Å². The van der Waals surface area contributed by atoms with Crippen LogP contribution in [0.1, 0.15) is 16.7 Å². The number of phenolic OH excluding ortho intramolecular Hbond substituents is 1. The average Bonchev–Trinajstić information content (AvgIpc) is 2.32. The van der Waals surface area contributed by atoms with Gasteiger partial charge in [0.1, 0.15) is 10.9 Å².